The second-order valence-electron chi connectivity index (χ2n) is 6.68. The van der Waals surface area contributed by atoms with Crippen molar-refractivity contribution in [1.82, 2.24) is 20.2 Å². The fourth-order valence-corrected chi connectivity index (χ4v) is 2.30. The number of hydrogen-bond acceptors (Lipinski definition) is 5. The van der Waals surface area contributed by atoms with Crippen molar-refractivity contribution in [3.8, 4) is 0 Å². The normalized spacial score (nSPS) is 11.0. The molecule has 0 aliphatic carbocycles. The number of nitrogens with one attached hydrogen (secondary N) is 2. The quantitative estimate of drug-likeness (QED) is 0.810. The van der Waals surface area contributed by atoms with E-state index in [0.29, 0.717) is 24.1 Å². The molecule has 134 valence electrons. The third-order valence-corrected chi connectivity index (χ3v) is 3.76. The third-order valence-electron chi connectivity index (χ3n) is 3.76. The molecule has 2 rings (SSSR count). The van der Waals surface area contributed by atoms with Gasteiger partial charge in [0.25, 0.3) is 5.91 Å². The summed E-state index contributed by atoms with van der Waals surface area (Å²) in [6, 6.07) is 9.85. The molecule has 6 heteroatoms. The Bertz CT molecular complexity index is 710. The maximum absolute atomic E-state index is 12.3. The first-order valence-electron chi connectivity index (χ1n) is 8.50. The minimum Gasteiger partial charge on any atom is -0.349 e. The molecule has 0 saturated heterocycles. The molecule has 2 aromatic rings. The van der Waals surface area contributed by atoms with Crippen LogP contribution in [-0.2, 0) is 0 Å². The standard InChI is InChI=1S/C19H27N5O/c1-13(2)15-6-8-16(9-7-15)22-19-21-14(3)12-17(23-19)18(25)20-10-11-24(4)5/h6-9,12-13H,10-11H2,1-5H3,(H,20,25)(H,21,22,23). The highest BCUT2D eigenvalue weighted by molar-refractivity contribution is 5.92. The number of aryl methyl sites for hydroxylation is 1. The van der Waals surface area contributed by atoms with Crippen LogP contribution in [0.4, 0.5) is 11.6 Å². The van der Waals surface area contributed by atoms with Gasteiger partial charge in [-0.25, -0.2) is 9.97 Å². The van der Waals surface area contributed by atoms with E-state index in [1.807, 2.05) is 38.1 Å². The molecule has 0 saturated carbocycles. The number of amides is 1. The van der Waals surface area contributed by atoms with Crippen molar-refractivity contribution in [2.75, 3.05) is 32.5 Å². The first kappa shape index (κ1) is 18.9. The number of nitrogens with zero attached hydrogens (tertiary/aromatic N) is 3. The number of benzene rings is 1. The summed E-state index contributed by atoms with van der Waals surface area (Å²) < 4.78 is 0. The highest BCUT2D eigenvalue weighted by Crippen LogP contribution is 2.19. The minimum atomic E-state index is -0.189. The summed E-state index contributed by atoms with van der Waals surface area (Å²) in [4.78, 5) is 23.0. The first-order valence-corrected chi connectivity index (χ1v) is 8.50. The van der Waals surface area contributed by atoms with Crippen LogP contribution in [0.1, 0.15) is 41.5 Å². The summed E-state index contributed by atoms with van der Waals surface area (Å²) in [7, 11) is 3.93. The molecule has 0 fully saturated rings. The van der Waals surface area contributed by atoms with Crippen molar-refractivity contribution in [2.45, 2.75) is 26.7 Å². The lowest BCUT2D eigenvalue weighted by atomic mass is 10.0. The highest BCUT2D eigenvalue weighted by atomic mass is 16.1. The Hall–Kier alpha value is -2.47. The van der Waals surface area contributed by atoms with Gasteiger partial charge < -0.3 is 15.5 Å². The summed E-state index contributed by atoms with van der Waals surface area (Å²) in [5.74, 6) is 0.724. The molecule has 0 radical (unpaired) electrons. The number of rotatable bonds is 7. The predicted octanol–water partition coefficient (Wildman–Crippen LogP) is 2.94. The number of aromatic nitrogens is 2. The molecule has 0 spiro atoms. The molecule has 1 aromatic carbocycles. The van der Waals surface area contributed by atoms with Gasteiger partial charge in [0, 0.05) is 24.5 Å². The van der Waals surface area contributed by atoms with Crippen LogP contribution in [0.2, 0.25) is 0 Å². The van der Waals surface area contributed by atoms with E-state index in [1.165, 1.54) is 5.56 Å². The molecule has 0 aliphatic heterocycles. The second kappa shape index (κ2) is 8.58. The number of likely N-dealkylation sites (N-methyl/N-ethyl adjacent to an activating group) is 1. The van der Waals surface area contributed by atoms with Gasteiger partial charge >= 0.3 is 0 Å². The van der Waals surface area contributed by atoms with Crippen molar-refractivity contribution in [2.24, 2.45) is 0 Å². The van der Waals surface area contributed by atoms with Gasteiger partial charge in [0.1, 0.15) is 5.69 Å². The van der Waals surface area contributed by atoms with Gasteiger partial charge in [0.05, 0.1) is 0 Å². The SMILES string of the molecule is Cc1cc(C(=O)NCCN(C)C)nc(Nc2ccc(C(C)C)cc2)n1. The van der Waals surface area contributed by atoms with Crippen LogP contribution in [0.3, 0.4) is 0 Å². The summed E-state index contributed by atoms with van der Waals surface area (Å²) in [5.41, 5.74) is 3.28. The van der Waals surface area contributed by atoms with Gasteiger partial charge in [-0.05, 0) is 50.7 Å². The Balaban J connectivity index is 2.08. The number of anilines is 2. The van der Waals surface area contributed by atoms with Crippen LogP contribution in [0.15, 0.2) is 30.3 Å². The van der Waals surface area contributed by atoms with Crippen molar-refractivity contribution in [1.29, 1.82) is 0 Å². The van der Waals surface area contributed by atoms with Gasteiger partial charge in [-0.1, -0.05) is 26.0 Å². The Labute approximate surface area is 149 Å². The summed E-state index contributed by atoms with van der Waals surface area (Å²) in [5, 5.41) is 6.04. The number of carbonyl (C=O) groups is 1. The topological polar surface area (TPSA) is 70.2 Å². The fraction of sp³-hybridized carbons (Fsp3) is 0.421. The Morgan fingerprint density at radius 3 is 2.44 bits per heavy atom. The van der Waals surface area contributed by atoms with Crippen LogP contribution < -0.4 is 10.6 Å². The Morgan fingerprint density at radius 1 is 1.16 bits per heavy atom. The maximum atomic E-state index is 12.3. The van der Waals surface area contributed by atoms with Crippen LogP contribution in [-0.4, -0.2) is 48.0 Å². The highest BCUT2D eigenvalue weighted by Gasteiger charge is 2.10. The lowest BCUT2D eigenvalue weighted by molar-refractivity contribution is 0.0946. The molecule has 25 heavy (non-hydrogen) atoms. The Kier molecular flexibility index (Phi) is 6.47. The summed E-state index contributed by atoms with van der Waals surface area (Å²) in [6.07, 6.45) is 0. The molecule has 0 unspecified atom stereocenters. The third kappa shape index (κ3) is 5.83. The average molecular weight is 341 g/mol. The maximum Gasteiger partial charge on any atom is 0.270 e. The second-order valence-corrected chi connectivity index (χ2v) is 6.68. The molecule has 0 aliphatic rings. The molecule has 1 heterocycles. The molecule has 1 aromatic heterocycles. The van der Waals surface area contributed by atoms with E-state index in [4.69, 9.17) is 0 Å². The van der Waals surface area contributed by atoms with Gasteiger partial charge in [-0.15, -0.1) is 0 Å². The van der Waals surface area contributed by atoms with Crippen LogP contribution in [0.5, 0.6) is 0 Å². The van der Waals surface area contributed by atoms with E-state index in [9.17, 15) is 4.79 Å². The van der Waals surface area contributed by atoms with E-state index in [0.717, 1.165) is 17.9 Å². The van der Waals surface area contributed by atoms with Crippen molar-refractivity contribution >= 4 is 17.5 Å². The smallest absolute Gasteiger partial charge is 0.270 e. The zero-order chi connectivity index (χ0) is 18.4. The van der Waals surface area contributed by atoms with Crippen LogP contribution in [0.25, 0.3) is 0 Å². The zero-order valence-corrected chi connectivity index (χ0v) is 15.6. The molecular weight excluding hydrogens is 314 g/mol. The molecular formula is C19H27N5O. The fourth-order valence-electron chi connectivity index (χ4n) is 2.30. The van der Waals surface area contributed by atoms with Crippen LogP contribution >= 0.6 is 0 Å². The van der Waals surface area contributed by atoms with Crippen LogP contribution in [0, 0.1) is 6.92 Å². The van der Waals surface area contributed by atoms with Crippen molar-refractivity contribution < 1.29 is 4.79 Å². The number of hydrogen-bond donors (Lipinski definition) is 2. The zero-order valence-electron chi connectivity index (χ0n) is 15.6. The minimum absolute atomic E-state index is 0.189. The predicted molar refractivity (Wildman–Crippen MR) is 101 cm³/mol. The van der Waals surface area contributed by atoms with Gasteiger partial charge in [-0.3, -0.25) is 4.79 Å². The van der Waals surface area contributed by atoms with Gasteiger partial charge in [0.2, 0.25) is 5.95 Å². The average Bonchev–Trinajstić information content (AvgIpc) is 2.54. The molecule has 6 nitrogen and oxygen atoms in total. The molecule has 1 amide bonds. The van der Waals surface area contributed by atoms with Crippen molar-refractivity contribution in [3.05, 3.63) is 47.3 Å². The largest absolute Gasteiger partial charge is 0.349 e. The van der Waals surface area contributed by atoms with E-state index in [-0.39, 0.29) is 5.91 Å². The van der Waals surface area contributed by atoms with Crippen molar-refractivity contribution in [3.63, 3.8) is 0 Å². The van der Waals surface area contributed by atoms with Gasteiger partial charge in [-0.2, -0.15) is 0 Å². The van der Waals surface area contributed by atoms with E-state index in [1.54, 1.807) is 6.07 Å². The summed E-state index contributed by atoms with van der Waals surface area (Å²) >= 11 is 0. The number of carbonyl (C=O) groups excluding carboxylic acids is 1. The lowest BCUT2D eigenvalue weighted by Crippen LogP contribution is -2.32. The molecule has 2 N–H and O–H groups in total. The summed E-state index contributed by atoms with van der Waals surface area (Å²) in [6.45, 7) is 7.53. The molecule has 0 atom stereocenters. The monoisotopic (exact) mass is 341 g/mol. The first-order chi connectivity index (χ1) is 11.8. The van der Waals surface area contributed by atoms with E-state index < -0.39 is 0 Å². The van der Waals surface area contributed by atoms with E-state index in [2.05, 4.69) is 46.6 Å². The lowest BCUT2D eigenvalue weighted by Gasteiger charge is -2.12. The van der Waals surface area contributed by atoms with Gasteiger partial charge in [0.15, 0.2) is 0 Å². The molecule has 0 bridgehead atoms. The van der Waals surface area contributed by atoms with E-state index >= 15 is 0 Å². The Morgan fingerprint density at radius 2 is 1.84 bits per heavy atom.